The van der Waals surface area contributed by atoms with E-state index in [1.54, 1.807) is 0 Å². The van der Waals surface area contributed by atoms with Crippen molar-refractivity contribution in [2.75, 3.05) is 12.8 Å². The van der Waals surface area contributed by atoms with E-state index < -0.39 is 11.8 Å². The van der Waals surface area contributed by atoms with Gasteiger partial charge in [-0.1, -0.05) is 0 Å². The van der Waals surface area contributed by atoms with Crippen molar-refractivity contribution in [2.45, 2.75) is 23.9 Å². The molecule has 0 aliphatic heterocycles. The molecule has 0 aliphatic carbocycles. The van der Waals surface area contributed by atoms with E-state index in [4.69, 9.17) is 5.73 Å². The van der Waals surface area contributed by atoms with Crippen LogP contribution in [0.1, 0.15) is 21.7 Å². The number of methoxy groups -OCH3 is 1. The van der Waals surface area contributed by atoms with Gasteiger partial charge < -0.3 is 10.5 Å². The molecule has 1 aromatic heterocycles. The quantitative estimate of drug-likeness (QED) is 0.534. The smallest absolute Gasteiger partial charge is 0.339 e. The number of carbonyl (C=O) groups is 1. The number of aryl methyl sites for hydroxylation is 2. The van der Waals surface area contributed by atoms with Gasteiger partial charge >= 0.3 is 5.97 Å². The third-order valence-electron chi connectivity index (χ3n) is 2.67. The van der Waals surface area contributed by atoms with Gasteiger partial charge in [-0.2, -0.15) is 0 Å². The number of esters is 1. The molecular formula is C14H14FN3O2S. The average Bonchev–Trinajstić information content (AvgIpc) is 2.40. The van der Waals surface area contributed by atoms with Crippen LogP contribution in [0.15, 0.2) is 28.3 Å². The molecule has 0 radical (unpaired) electrons. The first-order valence-electron chi connectivity index (χ1n) is 6.08. The lowest BCUT2D eigenvalue weighted by Crippen LogP contribution is -2.06. The highest BCUT2D eigenvalue weighted by atomic mass is 32.2. The summed E-state index contributed by atoms with van der Waals surface area (Å²) >= 11 is 1.03. The number of ether oxygens (including phenoxy) is 1. The van der Waals surface area contributed by atoms with Crippen LogP contribution in [0.5, 0.6) is 0 Å². The molecule has 0 fully saturated rings. The number of halogens is 1. The normalized spacial score (nSPS) is 10.5. The standard InChI is InChI=1S/C14H14FN3O2S/c1-7-4-8(2)18-14(17-7)21-12-5-9(13(19)20-3)11(16)6-10(12)15/h4-6H,16H2,1-3H3. The second-order valence-electron chi connectivity index (χ2n) is 4.40. The van der Waals surface area contributed by atoms with Crippen molar-refractivity contribution in [1.82, 2.24) is 9.97 Å². The van der Waals surface area contributed by atoms with Crippen LogP contribution in [0.2, 0.25) is 0 Å². The lowest BCUT2D eigenvalue weighted by atomic mass is 10.2. The number of benzene rings is 1. The van der Waals surface area contributed by atoms with Crippen molar-refractivity contribution in [3.05, 3.63) is 41.0 Å². The maximum absolute atomic E-state index is 14.0. The summed E-state index contributed by atoms with van der Waals surface area (Å²) in [6.45, 7) is 3.66. The van der Waals surface area contributed by atoms with E-state index >= 15 is 0 Å². The zero-order valence-corrected chi connectivity index (χ0v) is 12.6. The Labute approximate surface area is 125 Å². The van der Waals surface area contributed by atoms with E-state index in [0.29, 0.717) is 5.16 Å². The summed E-state index contributed by atoms with van der Waals surface area (Å²) in [5.41, 5.74) is 7.35. The topological polar surface area (TPSA) is 78.1 Å². The van der Waals surface area contributed by atoms with Gasteiger partial charge in [0.05, 0.1) is 17.6 Å². The molecule has 5 nitrogen and oxygen atoms in total. The van der Waals surface area contributed by atoms with Crippen LogP contribution in [0, 0.1) is 19.7 Å². The zero-order chi connectivity index (χ0) is 15.6. The zero-order valence-electron chi connectivity index (χ0n) is 11.8. The highest BCUT2D eigenvalue weighted by Gasteiger charge is 2.16. The first-order chi connectivity index (χ1) is 9.90. The molecule has 0 saturated carbocycles. The van der Waals surface area contributed by atoms with E-state index in [2.05, 4.69) is 14.7 Å². The second kappa shape index (κ2) is 6.09. The number of carbonyl (C=O) groups excluding carboxylic acids is 1. The van der Waals surface area contributed by atoms with Gasteiger partial charge in [0, 0.05) is 17.1 Å². The van der Waals surface area contributed by atoms with Crippen LogP contribution in [0.4, 0.5) is 10.1 Å². The second-order valence-corrected chi connectivity index (χ2v) is 5.41. The van der Waals surface area contributed by atoms with Crippen LogP contribution in [-0.4, -0.2) is 23.0 Å². The molecule has 0 atom stereocenters. The van der Waals surface area contributed by atoms with Crippen molar-refractivity contribution in [3.8, 4) is 0 Å². The number of aromatic nitrogens is 2. The Balaban J connectivity index is 2.41. The van der Waals surface area contributed by atoms with Crippen molar-refractivity contribution in [3.63, 3.8) is 0 Å². The number of nitrogens with zero attached hydrogens (tertiary/aromatic N) is 2. The summed E-state index contributed by atoms with van der Waals surface area (Å²) in [5, 5.41) is 0.409. The summed E-state index contributed by atoms with van der Waals surface area (Å²) in [4.78, 5) is 20.3. The first-order valence-corrected chi connectivity index (χ1v) is 6.90. The Morgan fingerprint density at radius 1 is 1.24 bits per heavy atom. The van der Waals surface area contributed by atoms with Gasteiger partial charge in [0.25, 0.3) is 0 Å². The minimum absolute atomic E-state index is 0.0324. The maximum Gasteiger partial charge on any atom is 0.339 e. The van der Waals surface area contributed by atoms with E-state index in [1.165, 1.54) is 13.2 Å². The number of hydrogen-bond acceptors (Lipinski definition) is 6. The Morgan fingerprint density at radius 2 is 1.86 bits per heavy atom. The third-order valence-corrected chi connectivity index (χ3v) is 3.57. The number of nitrogen functional groups attached to an aromatic ring is 1. The average molecular weight is 307 g/mol. The molecule has 0 bridgehead atoms. The Kier molecular flexibility index (Phi) is 4.42. The first kappa shape index (κ1) is 15.2. The molecule has 0 amide bonds. The minimum atomic E-state index is -0.615. The predicted molar refractivity (Wildman–Crippen MR) is 77.8 cm³/mol. The Hall–Kier alpha value is -2.15. The van der Waals surface area contributed by atoms with Crippen molar-refractivity contribution >= 4 is 23.4 Å². The van der Waals surface area contributed by atoms with Crippen molar-refractivity contribution < 1.29 is 13.9 Å². The lowest BCUT2D eigenvalue weighted by Gasteiger charge is -2.08. The van der Waals surface area contributed by atoms with Crippen LogP contribution in [0.25, 0.3) is 0 Å². The van der Waals surface area contributed by atoms with Gasteiger partial charge in [0.1, 0.15) is 5.82 Å². The number of nitrogens with two attached hydrogens (primary N) is 1. The molecule has 21 heavy (non-hydrogen) atoms. The molecule has 2 aromatic rings. The van der Waals surface area contributed by atoms with Gasteiger partial charge in [-0.25, -0.2) is 19.2 Å². The maximum atomic E-state index is 14.0. The van der Waals surface area contributed by atoms with Crippen molar-refractivity contribution in [2.24, 2.45) is 0 Å². The SMILES string of the molecule is COC(=O)c1cc(Sc2nc(C)cc(C)n2)c(F)cc1N. The molecule has 0 aliphatic rings. The fraction of sp³-hybridized carbons (Fsp3) is 0.214. The van der Waals surface area contributed by atoms with E-state index in [1.807, 2.05) is 19.9 Å². The van der Waals surface area contributed by atoms with Crippen molar-refractivity contribution in [1.29, 1.82) is 0 Å². The molecule has 0 spiro atoms. The monoisotopic (exact) mass is 307 g/mol. The Bertz CT molecular complexity index is 687. The van der Waals surface area contributed by atoms with Gasteiger partial charge in [0.2, 0.25) is 0 Å². The fourth-order valence-corrected chi connectivity index (χ4v) is 2.68. The third kappa shape index (κ3) is 3.49. The molecule has 0 saturated heterocycles. The number of hydrogen-bond donors (Lipinski definition) is 1. The van der Waals surface area contributed by atoms with Gasteiger partial charge in [-0.15, -0.1) is 0 Å². The largest absolute Gasteiger partial charge is 0.465 e. The lowest BCUT2D eigenvalue weighted by molar-refractivity contribution is 0.0601. The summed E-state index contributed by atoms with van der Waals surface area (Å²) in [7, 11) is 1.24. The number of rotatable bonds is 3. The van der Waals surface area contributed by atoms with Crippen LogP contribution in [0.3, 0.4) is 0 Å². The van der Waals surface area contributed by atoms with Crippen LogP contribution in [-0.2, 0) is 4.74 Å². The molecular weight excluding hydrogens is 293 g/mol. The van der Waals surface area contributed by atoms with Gasteiger partial charge in [-0.3, -0.25) is 0 Å². The molecule has 0 unspecified atom stereocenters. The molecule has 2 N–H and O–H groups in total. The summed E-state index contributed by atoms with van der Waals surface area (Å²) < 4.78 is 18.6. The Morgan fingerprint density at radius 3 is 2.43 bits per heavy atom. The molecule has 1 aromatic carbocycles. The predicted octanol–water partition coefficient (Wildman–Crippen LogP) is 2.75. The van der Waals surface area contributed by atoms with Crippen LogP contribution < -0.4 is 5.73 Å². The molecule has 7 heteroatoms. The van der Waals surface area contributed by atoms with E-state index in [9.17, 15) is 9.18 Å². The summed E-state index contributed by atoms with van der Waals surface area (Å²) in [6.07, 6.45) is 0. The number of anilines is 1. The molecule has 110 valence electrons. The van der Waals surface area contributed by atoms with E-state index in [0.717, 1.165) is 29.2 Å². The summed E-state index contributed by atoms with van der Waals surface area (Å²) in [5.74, 6) is -1.15. The summed E-state index contributed by atoms with van der Waals surface area (Å²) in [6, 6.07) is 4.27. The highest BCUT2D eigenvalue weighted by molar-refractivity contribution is 7.99. The minimum Gasteiger partial charge on any atom is -0.465 e. The van der Waals surface area contributed by atoms with E-state index in [-0.39, 0.29) is 16.1 Å². The fourth-order valence-electron chi connectivity index (χ4n) is 1.77. The van der Waals surface area contributed by atoms with Crippen LogP contribution >= 0.6 is 11.8 Å². The van der Waals surface area contributed by atoms with Gasteiger partial charge in [-0.05, 0) is 43.8 Å². The highest BCUT2D eigenvalue weighted by Crippen LogP contribution is 2.31. The molecule has 2 rings (SSSR count). The molecule has 1 heterocycles. The van der Waals surface area contributed by atoms with Gasteiger partial charge in [0.15, 0.2) is 5.16 Å².